The number of nitrogens with zero attached hydrogens (tertiary/aromatic N) is 2. The molecule has 2 saturated carbocycles. The highest BCUT2D eigenvalue weighted by Crippen LogP contribution is 2.40. The predicted octanol–water partition coefficient (Wildman–Crippen LogP) is 2.95. The molecule has 37 heavy (non-hydrogen) atoms. The molecular weight excluding hydrogens is 492 g/mol. The second-order valence-corrected chi connectivity index (χ2v) is 11.9. The molecule has 9 nitrogen and oxygen atoms in total. The van der Waals surface area contributed by atoms with E-state index in [2.05, 4.69) is 22.3 Å². The third-order valence-electron chi connectivity index (χ3n) is 7.23. The van der Waals surface area contributed by atoms with Gasteiger partial charge in [0, 0.05) is 13.1 Å². The topological polar surface area (TPSA) is 108 Å². The molecule has 0 aromatic heterocycles. The molecule has 1 heterocycles. The van der Waals surface area contributed by atoms with E-state index < -0.39 is 27.7 Å². The average Bonchev–Trinajstić information content (AvgIpc) is 3.81. The maximum atomic E-state index is 13.4. The summed E-state index contributed by atoms with van der Waals surface area (Å²) >= 11 is 0. The standard InChI is InChI=1S/C27H34N4O5S/c1-36-24-12-4-19(5-13-24)14-15-30-25(23-10-8-22(9-11-23)21-6-7-21)17-31(27(30)33)29-37(34,35)18-26(32)28-16-20-2-3-20/h4-5,8-13,20-21,25,29H,2-3,6-7,14-18H2,1H3,(H,28,32). The van der Waals surface area contributed by atoms with Crippen LogP contribution in [0.2, 0.25) is 0 Å². The van der Waals surface area contributed by atoms with Crippen LogP contribution in [0.4, 0.5) is 4.79 Å². The minimum atomic E-state index is -4.04. The van der Waals surface area contributed by atoms with Crippen LogP contribution in [0.15, 0.2) is 48.5 Å². The third-order valence-corrected chi connectivity index (χ3v) is 8.37. The van der Waals surface area contributed by atoms with E-state index in [1.165, 1.54) is 18.4 Å². The lowest BCUT2D eigenvalue weighted by Crippen LogP contribution is -2.48. The van der Waals surface area contributed by atoms with Gasteiger partial charge < -0.3 is 15.0 Å². The molecule has 1 atom stereocenters. The number of carbonyl (C=O) groups excluding carboxylic acids is 2. The van der Waals surface area contributed by atoms with Gasteiger partial charge in [-0.15, -0.1) is 4.83 Å². The number of amides is 3. The van der Waals surface area contributed by atoms with Gasteiger partial charge in [0.1, 0.15) is 11.5 Å². The fraction of sp³-hybridized carbons (Fsp3) is 0.481. The lowest BCUT2D eigenvalue weighted by molar-refractivity contribution is -0.118. The summed E-state index contributed by atoms with van der Waals surface area (Å²) in [6.07, 6.45) is 5.14. The summed E-state index contributed by atoms with van der Waals surface area (Å²) in [6, 6.07) is 15.2. The van der Waals surface area contributed by atoms with Gasteiger partial charge in [0.25, 0.3) is 0 Å². The fourth-order valence-corrected chi connectivity index (χ4v) is 5.70. The molecule has 2 aromatic carbocycles. The number of benzene rings is 2. The van der Waals surface area contributed by atoms with Crippen LogP contribution in [-0.2, 0) is 21.2 Å². The molecule has 1 saturated heterocycles. The number of urea groups is 1. The third kappa shape index (κ3) is 6.61. The average molecular weight is 527 g/mol. The van der Waals surface area contributed by atoms with Gasteiger partial charge in [-0.3, -0.25) is 4.79 Å². The molecular formula is C27H34N4O5S. The maximum absolute atomic E-state index is 13.4. The highest BCUT2D eigenvalue weighted by atomic mass is 32.2. The lowest BCUT2D eigenvalue weighted by Gasteiger charge is -2.23. The second-order valence-electron chi connectivity index (χ2n) is 10.2. The van der Waals surface area contributed by atoms with Gasteiger partial charge in [0.2, 0.25) is 15.9 Å². The molecule has 198 valence electrons. The molecule has 2 aromatic rings. The monoisotopic (exact) mass is 526 g/mol. The van der Waals surface area contributed by atoms with Crippen molar-refractivity contribution in [1.29, 1.82) is 0 Å². The summed E-state index contributed by atoms with van der Waals surface area (Å²) < 4.78 is 30.7. The highest BCUT2D eigenvalue weighted by Gasteiger charge is 2.40. The number of rotatable bonds is 12. The van der Waals surface area contributed by atoms with Crippen LogP contribution < -0.4 is 14.9 Å². The first-order valence-corrected chi connectivity index (χ1v) is 14.5. The van der Waals surface area contributed by atoms with Crippen molar-refractivity contribution in [3.63, 3.8) is 0 Å². The summed E-state index contributed by atoms with van der Waals surface area (Å²) in [5, 5.41) is 3.79. The Morgan fingerprint density at radius 1 is 1.00 bits per heavy atom. The van der Waals surface area contributed by atoms with E-state index in [9.17, 15) is 18.0 Å². The summed E-state index contributed by atoms with van der Waals surface area (Å²) in [5.74, 6) is 0.563. The van der Waals surface area contributed by atoms with Gasteiger partial charge in [-0.2, -0.15) is 0 Å². The van der Waals surface area contributed by atoms with Crippen LogP contribution >= 0.6 is 0 Å². The Labute approximate surface area is 218 Å². The molecule has 5 rings (SSSR count). The number of ether oxygens (including phenoxy) is 1. The van der Waals surface area contributed by atoms with Crippen molar-refractivity contribution >= 4 is 22.0 Å². The smallest absolute Gasteiger partial charge is 0.335 e. The fourth-order valence-electron chi connectivity index (χ4n) is 4.70. The number of sulfonamides is 1. The van der Waals surface area contributed by atoms with Crippen LogP contribution in [0.25, 0.3) is 0 Å². The normalized spacial score (nSPS) is 19.8. The Kier molecular flexibility index (Phi) is 7.39. The molecule has 2 N–H and O–H groups in total. The number of hydrogen-bond donors (Lipinski definition) is 2. The van der Waals surface area contributed by atoms with Crippen LogP contribution in [0.1, 0.15) is 54.3 Å². The van der Waals surface area contributed by atoms with Gasteiger partial charge >= 0.3 is 6.03 Å². The van der Waals surface area contributed by atoms with E-state index in [1.54, 1.807) is 12.0 Å². The zero-order chi connectivity index (χ0) is 26.0. The predicted molar refractivity (Wildman–Crippen MR) is 139 cm³/mol. The first-order chi connectivity index (χ1) is 17.8. The quantitative estimate of drug-likeness (QED) is 0.442. The Balaban J connectivity index is 1.28. The molecule has 2 aliphatic carbocycles. The molecule has 0 spiro atoms. The van der Waals surface area contributed by atoms with Gasteiger partial charge in [-0.25, -0.2) is 18.2 Å². The van der Waals surface area contributed by atoms with E-state index in [0.29, 0.717) is 31.3 Å². The molecule has 10 heteroatoms. The number of hydrazine groups is 1. The largest absolute Gasteiger partial charge is 0.497 e. The lowest BCUT2D eigenvalue weighted by atomic mass is 10.0. The zero-order valence-electron chi connectivity index (χ0n) is 21.1. The Bertz CT molecular complexity index is 1220. The van der Waals surface area contributed by atoms with Crippen molar-refractivity contribution in [3.8, 4) is 5.75 Å². The minimum Gasteiger partial charge on any atom is -0.497 e. The summed E-state index contributed by atoms with van der Waals surface area (Å²) in [6.45, 7) is 1.07. The van der Waals surface area contributed by atoms with Crippen molar-refractivity contribution in [2.75, 3.05) is 32.5 Å². The summed E-state index contributed by atoms with van der Waals surface area (Å²) in [5.41, 5.74) is 3.30. The molecule has 0 bridgehead atoms. The molecule has 3 fully saturated rings. The van der Waals surface area contributed by atoms with E-state index in [1.807, 2.05) is 36.4 Å². The molecule has 3 amide bonds. The molecule has 3 aliphatic rings. The number of hydrogen-bond acceptors (Lipinski definition) is 5. The van der Waals surface area contributed by atoms with Crippen molar-refractivity contribution in [3.05, 3.63) is 65.2 Å². The summed E-state index contributed by atoms with van der Waals surface area (Å²) in [4.78, 5) is 29.6. The van der Waals surface area contributed by atoms with Crippen LogP contribution in [-0.4, -0.2) is 62.8 Å². The van der Waals surface area contributed by atoms with Gasteiger partial charge in [-0.05, 0) is 72.8 Å². The molecule has 0 radical (unpaired) electrons. The highest BCUT2D eigenvalue weighted by molar-refractivity contribution is 7.90. The maximum Gasteiger partial charge on any atom is 0.335 e. The Morgan fingerprint density at radius 3 is 2.30 bits per heavy atom. The van der Waals surface area contributed by atoms with Gasteiger partial charge in [0.05, 0.1) is 19.7 Å². The summed E-state index contributed by atoms with van der Waals surface area (Å²) in [7, 11) is -2.42. The van der Waals surface area contributed by atoms with Crippen LogP contribution in [0.5, 0.6) is 5.75 Å². The van der Waals surface area contributed by atoms with Crippen molar-refractivity contribution in [2.24, 2.45) is 5.92 Å². The molecule has 1 unspecified atom stereocenters. The van der Waals surface area contributed by atoms with E-state index >= 15 is 0 Å². The minimum absolute atomic E-state index is 0.160. The number of methoxy groups -OCH3 is 1. The van der Waals surface area contributed by atoms with Gasteiger partial charge in [0.15, 0.2) is 0 Å². The van der Waals surface area contributed by atoms with Crippen molar-refractivity contribution in [1.82, 2.24) is 20.1 Å². The second kappa shape index (κ2) is 10.7. The zero-order valence-corrected chi connectivity index (χ0v) is 21.9. The van der Waals surface area contributed by atoms with E-state index in [4.69, 9.17) is 4.74 Å². The van der Waals surface area contributed by atoms with Crippen LogP contribution in [0.3, 0.4) is 0 Å². The van der Waals surface area contributed by atoms with Crippen LogP contribution in [0, 0.1) is 5.92 Å². The first kappa shape index (κ1) is 25.5. The van der Waals surface area contributed by atoms with E-state index in [-0.39, 0.29) is 12.6 Å². The van der Waals surface area contributed by atoms with Gasteiger partial charge in [-0.1, -0.05) is 36.4 Å². The Hall–Kier alpha value is -3.11. The SMILES string of the molecule is COc1ccc(CCN2C(=O)N(NS(=O)(=O)CC(=O)NCC3CC3)CC2c2ccc(C3CC3)cc2)cc1. The van der Waals surface area contributed by atoms with Crippen molar-refractivity contribution in [2.45, 2.75) is 44.1 Å². The Morgan fingerprint density at radius 2 is 1.68 bits per heavy atom. The first-order valence-electron chi connectivity index (χ1n) is 12.9. The molecule has 1 aliphatic heterocycles. The number of nitrogens with one attached hydrogen (secondary N) is 2. The van der Waals surface area contributed by atoms with E-state index in [0.717, 1.165) is 34.7 Å². The number of carbonyl (C=O) groups is 2. The van der Waals surface area contributed by atoms with Crippen molar-refractivity contribution < 1.29 is 22.7 Å².